The largest absolute Gasteiger partial charge is 0.369 e. The highest BCUT2D eigenvalue weighted by atomic mass is 16.1. The van der Waals surface area contributed by atoms with Crippen LogP contribution in [-0.2, 0) is 11.2 Å². The number of hydrogen-bond acceptors (Lipinski definition) is 3. The fraction of sp³-hybridized carbons (Fsp3) is 0.381. The molecule has 2 aromatic carbocycles. The number of carbonyl (C=O) groups excluding carboxylic acids is 1. The maximum atomic E-state index is 12.2. The van der Waals surface area contributed by atoms with Gasteiger partial charge in [0.1, 0.15) is 0 Å². The van der Waals surface area contributed by atoms with Crippen molar-refractivity contribution in [2.24, 2.45) is 0 Å². The SMILES string of the molecule is CCN1CCN(c2ccc(NC(=O)Cc3ccc(C)cc3)cc2)CC1. The first kappa shape index (κ1) is 17.5. The number of anilines is 2. The van der Waals surface area contributed by atoms with Crippen LogP contribution in [0, 0.1) is 6.92 Å². The summed E-state index contributed by atoms with van der Waals surface area (Å²) in [6, 6.07) is 16.3. The minimum absolute atomic E-state index is 0.0214. The number of aryl methyl sites for hydroxylation is 1. The van der Waals surface area contributed by atoms with Crippen LogP contribution in [0.3, 0.4) is 0 Å². The summed E-state index contributed by atoms with van der Waals surface area (Å²) in [7, 11) is 0. The molecule has 2 aromatic rings. The van der Waals surface area contributed by atoms with Crippen molar-refractivity contribution < 1.29 is 4.79 Å². The smallest absolute Gasteiger partial charge is 0.228 e. The summed E-state index contributed by atoms with van der Waals surface area (Å²) < 4.78 is 0. The second-order valence-electron chi connectivity index (χ2n) is 6.68. The predicted octanol–water partition coefficient (Wildman–Crippen LogP) is 3.32. The topological polar surface area (TPSA) is 35.6 Å². The highest BCUT2D eigenvalue weighted by molar-refractivity contribution is 5.92. The molecule has 0 atom stereocenters. The Labute approximate surface area is 150 Å². The Morgan fingerprint density at radius 1 is 0.960 bits per heavy atom. The Hall–Kier alpha value is -2.33. The maximum absolute atomic E-state index is 12.2. The van der Waals surface area contributed by atoms with Crippen molar-refractivity contribution in [3.63, 3.8) is 0 Å². The van der Waals surface area contributed by atoms with Crippen LogP contribution in [0.25, 0.3) is 0 Å². The minimum Gasteiger partial charge on any atom is -0.369 e. The Bertz CT molecular complexity index is 686. The number of benzene rings is 2. The van der Waals surface area contributed by atoms with Gasteiger partial charge in [-0.05, 0) is 43.3 Å². The number of piperazine rings is 1. The Kier molecular flexibility index (Phi) is 5.71. The highest BCUT2D eigenvalue weighted by Gasteiger charge is 2.15. The lowest BCUT2D eigenvalue weighted by Crippen LogP contribution is -2.46. The number of nitrogens with one attached hydrogen (secondary N) is 1. The second-order valence-corrected chi connectivity index (χ2v) is 6.68. The number of likely N-dealkylation sites (N-methyl/N-ethyl adjacent to an activating group) is 1. The van der Waals surface area contributed by atoms with Crippen LogP contribution in [0.5, 0.6) is 0 Å². The molecule has 4 nitrogen and oxygen atoms in total. The molecule has 0 saturated carbocycles. The van der Waals surface area contributed by atoms with Gasteiger partial charge in [-0.2, -0.15) is 0 Å². The van der Waals surface area contributed by atoms with E-state index >= 15 is 0 Å². The normalized spacial score (nSPS) is 15.2. The number of carbonyl (C=O) groups is 1. The number of nitrogens with zero attached hydrogens (tertiary/aromatic N) is 2. The summed E-state index contributed by atoms with van der Waals surface area (Å²) in [6.45, 7) is 9.74. The summed E-state index contributed by atoms with van der Waals surface area (Å²) >= 11 is 0. The van der Waals surface area contributed by atoms with Crippen LogP contribution >= 0.6 is 0 Å². The molecular weight excluding hydrogens is 310 g/mol. The third-order valence-electron chi connectivity index (χ3n) is 4.82. The first-order valence-electron chi connectivity index (χ1n) is 9.07. The maximum Gasteiger partial charge on any atom is 0.228 e. The van der Waals surface area contributed by atoms with Crippen LogP contribution in [0.4, 0.5) is 11.4 Å². The first-order valence-corrected chi connectivity index (χ1v) is 9.07. The molecule has 3 rings (SSSR count). The lowest BCUT2D eigenvalue weighted by atomic mass is 10.1. The van der Waals surface area contributed by atoms with E-state index in [9.17, 15) is 4.79 Å². The van der Waals surface area contributed by atoms with Crippen LogP contribution in [0.2, 0.25) is 0 Å². The first-order chi connectivity index (χ1) is 12.1. The molecule has 1 heterocycles. The molecule has 1 aliphatic rings. The molecule has 1 amide bonds. The molecule has 1 N–H and O–H groups in total. The molecular formula is C21H27N3O. The van der Waals surface area contributed by atoms with E-state index in [0.717, 1.165) is 44.0 Å². The Morgan fingerprint density at radius 2 is 1.60 bits per heavy atom. The lowest BCUT2D eigenvalue weighted by Gasteiger charge is -2.35. The van der Waals surface area contributed by atoms with Gasteiger partial charge in [0.25, 0.3) is 0 Å². The van der Waals surface area contributed by atoms with Crippen molar-refractivity contribution in [1.82, 2.24) is 4.90 Å². The van der Waals surface area contributed by atoms with Crippen molar-refractivity contribution in [1.29, 1.82) is 0 Å². The fourth-order valence-electron chi connectivity index (χ4n) is 3.17. The number of rotatable bonds is 5. The Balaban J connectivity index is 1.53. The second kappa shape index (κ2) is 8.17. The van der Waals surface area contributed by atoms with E-state index in [0.29, 0.717) is 6.42 Å². The van der Waals surface area contributed by atoms with Gasteiger partial charge in [-0.25, -0.2) is 0 Å². The summed E-state index contributed by atoms with van der Waals surface area (Å²) in [4.78, 5) is 17.1. The zero-order chi connectivity index (χ0) is 17.6. The van der Waals surface area contributed by atoms with Gasteiger partial charge in [0.05, 0.1) is 6.42 Å². The zero-order valence-electron chi connectivity index (χ0n) is 15.2. The average Bonchev–Trinajstić information content (AvgIpc) is 2.64. The van der Waals surface area contributed by atoms with Gasteiger partial charge in [-0.1, -0.05) is 36.8 Å². The molecule has 0 aromatic heterocycles. The quantitative estimate of drug-likeness (QED) is 0.909. The third kappa shape index (κ3) is 4.83. The number of amides is 1. The van der Waals surface area contributed by atoms with Crippen LogP contribution < -0.4 is 10.2 Å². The van der Waals surface area contributed by atoms with Gasteiger partial charge < -0.3 is 15.1 Å². The van der Waals surface area contributed by atoms with Crippen molar-refractivity contribution in [3.8, 4) is 0 Å². The van der Waals surface area contributed by atoms with Crippen LogP contribution in [0.1, 0.15) is 18.1 Å². The lowest BCUT2D eigenvalue weighted by molar-refractivity contribution is -0.115. The molecule has 25 heavy (non-hydrogen) atoms. The number of hydrogen-bond donors (Lipinski definition) is 1. The van der Waals surface area contributed by atoms with Gasteiger partial charge in [0, 0.05) is 37.6 Å². The van der Waals surface area contributed by atoms with Gasteiger partial charge in [-0.3, -0.25) is 4.79 Å². The van der Waals surface area contributed by atoms with E-state index in [1.807, 2.05) is 43.3 Å². The van der Waals surface area contributed by atoms with Crippen molar-refractivity contribution in [2.75, 3.05) is 42.9 Å². The molecule has 4 heteroatoms. The highest BCUT2D eigenvalue weighted by Crippen LogP contribution is 2.19. The van der Waals surface area contributed by atoms with Crippen molar-refractivity contribution in [2.45, 2.75) is 20.3 Å². The van der Waals surface area contributed by atoms with E-state index in [-0.39, 0.29) is 5.91 Å². The van der Waals surface area contributed by atoms with E-state index in [4.69, 9.17) is 0 Å². The summed E-state index contributed by atoms with van der Waals surface area (Å²) in [5, 5.41) is 2.99. The summed E-state index contributed by atoms with van der Waals surface area (Å²) in [5.74, 6) is 0.0214. The minimum atomic E-state index is 0.0214. The molecule has 1 aliphatic heterocycles. The molecule has 1 saturated heterocycles. The van der Waals surface area contributed by atoms with Crippen molar-refractivity contribution >= 4 is 17.3 Å². The van der Waals surface area contributed by atoms with E-state index < -0.39 is 0 Å². The molecule has 132 valence electrons. The molecule has 0 spiro atoms. The molecule has 1 fully saturated rings. The summed E-state index contributed by atoms with van der Waals surface area (Å²) in [6.07, 6.45) is 0.404. The molecule has 0 radical (unpaired) electrons. The molecule has 0 unspecified atom stereocenters. The fourth-order valence-corrected chi connectivity index (χ4v) is 3.17. The van der Waals surface area contributed by atoms with E-state index in [1.54, 1.807) is 0 Å². The third-order valence-corrected chi connectivity index (χ3v) is 4.82. The monoisotopic (exact) mass is 337 g/mol. The van der Waals surface area contributed by atoms with Gasteiger partial charge in [0.15, 0.2) is 0 Å². The van der Waals surface area contributed by atoms with Crippen LogP contribution in [-0.4, -0.2) is 43.5 Å². The van der Waals surface area contributed by atoms with Gasteiger partial charge in [0.2, 0.25) is 5.91 Å². The van der Waals surface area contributed by atoms with Crippen LogP contribution in [0.15, 0.2) is 48.5 Å². The van der Waals surface area contributed by atoms with Gasteiger partial charge >= 0.3 is 0 Å². The average molecular weight is 337 g/mol. The van der Waals surface area contributed by atoms with Gasteiger partial charge in [-0.15, -0.1) is 0 Å². The Morgan fingerprint density at radius 3 is 2.20 bits per heavy atom. The molecule has 0 aliphatic carbocycles. The standard InChI is InChI=1S/C21H27N3O/c1-3-23-12-14-24(15-13-23)20-10-8-19(9-11-20)22-21(25)16-18-6-4-17(2)5-7-18/h4-11H,3,12-16H2,1-2H3,(H,22,25). The summed E-state index contributed by atoms with van der Waals surface area (Å²) in [5.41, 5.74) is 4.33. The van der Waals surface area contributed by atoms with Crippen molar-refractivity contribution in [3.05, 3.63) is 59.7 Å². The van der Waals surface area contributed by atoms with E-state index in [1.165, 1.54) is 11.3 Å². The zero-order valence-corrected chi connectivity index (χ0v) is 15.2. The van der Waals surface area contributed by atoms with E-state index in [2.05, 4.69) is 34.2 Å². The predicted molar refractivity (Wildman–Crippen MR) is 104 cm³/mol. The molecule has 0 bridgehead atoms.